The molecule has 112 valence electrons. The molecule has 0 saturated carbocycles. The summed E-state index contributed by atoms with van der Waals surface area (Å²) in [4.78, 5) is 29.2. The fraction of sp³-hybridized carbons (Fsp3) is 0.583. The van der Waals surface area contributed by atoms with Crippen molar-refractivity contribution in [1.82, 2.24) is 10.3 Å². The molecule has 1 aromatic heterocycles. The number of nitrogen functional groups attached to an aromatic ring is 1. The van der Waals surface area contributed by atoms with E-state index in [9.17, 15) is 9.59 Å². The van der Waals surface area contributed by atoms with Crippen LogP contribution in [0.2, 0.25) is 0 Å². The Labute approximate surface area is 122 Å². The van der Waals surface area contributed by atoms with Crippen molar-refractivity contribution in [2.75, 3.05) is 30.3 Å². The molecule has 8 heteroatoms. The fourth-order valence-corrected chi connectivity index (χ4v) is 2.69. The molecule has 0 unspecified atom stereocenters. The normalized spacial score (nSPS) is 10.3. The molecule has 0 atom stereocenters. The van der Waals surface area contributed by atoms with Crippen molar-refractivity contribution in [2.45, 2.75) is 26.7 Å². The quantitative estimate of drug-likeness (QED) is 0.607. The fourth-order valence-electron chi connectivity index (χ4n) is 1.66. The van der Waals surface area contributed by atoms with E-state index in [1.165, 1.54) is 11.3 Å². The molecule has 2 amide bonds. The van der Waals surface area contributed by atoms with Crippen LogP contribution in [0.3, 0.4) is 0 Å². The number of carbonyl (C=O) groups excluding carboxylic acids is 2. The third-order valence-corrected chi connectivity index (χ3v) is 3.90. The Morgan fingerprint density at radius 3 is 2.55 bits per heavy atom. The van der Waals surface area contributed by atoms with Crippen molar-refractivity contribution in [2.24, 2.45) is 5.73 Å². The van der Waals surface area contributed by atoms with Gasteiger partial charge in [0.05, 0.1) is 0 Å². The van der Waals surface area contributed by atoms with Crippen LogP contribution in [0.15, 0.2) is 0 Å². The second kappa shape index (κ2) is 7.68. The van der Waals surface area contributed by atoms with E-state index in [2.05, 4.69) is 10.3 Å². The number of hydrogen-bond acceptors (Lipinski definition) is 6. The highest BCUT2D eigenvalue weighted by molar-refractivity contribution is 7.18. The van der Waals surface area contributed by atoms with Crippen LogP contribution >= 0.6 is 11.3 Å². The first-order chi connectivity index (χ1) is 9.49. The van der Waals surface area contributed by atoms with E-state index in [4.69, 9.17) is 11.5 Å². The SMILES string of the molecule is CCN(CC)c1nc(N)c(C(=O)NCCCC(N)=O)s1. The largest absolute Gasteiger partial charge is 0.382 e. The maximum absolute atomic E-state index is 12.0. The second-order valence-electron chi connectivity index (χ2n) is 4.21. The molecule has 20 heavy (non-hydrogen) atoms. The number of anilines is 2. The number of primary amides is 1. The first-order valence-electron chi connectivity index (χ1n) is 6.57. The summed E-state index contributed by atoms with van der Waals surface area (Å²) in [6, 6.07) is 0. The summed E-state index contributed by atoms with van der Waals surface area (Å²) in [5.74, 6) is -0.396. The van der Waals surface area contributed by atoms with Gasteiger partial charge in [-0.1, -0.05) is 11.3 Å². The first-order valence-corrected chi connectivity index (χ1v) is 7.38. The summed E-state index contributed by atoms with van der Waals surface area (Å²) in [5, 5.41) is 3.45. The Hall–Kier alpha value is -1.83. The van der Waals surface area contributed by atoms with E-state index in [0.717, 1.165) is 18.2 Å². The van der Waals surface area contributed by atoms with Crippen molar-refractivity contribution in [3.05, 3.63) is 4.88 Å². The van der Waals surface area contributed by atoms with Crippen LogP contribution in [-0.4, -0.2) is 36.4 Å². The Kier molecular flexibility index (Phi) is 6.23. The number of amides is 2. The lowest BCUT2D eigenvalue weighted by atomic mass is 10.3. The molecule has 0 fully saturated rings. The van der Waals surface area contributed by atoms with Gasteiger partial charge in [-0.05, 0) is 20.3 Å². The number of aromatic nitrogens is 1. The monoisotopic (exact) mass is 299 g/mol. The van der Waals surface area contributed by atoms with Gasteiger partial charge < -0.3 is 21.7 Å². The Morgan fingerprint density at radius 2 is 2.00 bits per heavy atom. The number of nitrogens with zero attached hydrogens (tertiary/aromatic N) is 2. The van der Waals surface area contributed by atoms with E-state index in [1.807, 2.05) is 18.7 Å². The molecule has 1 heterocycles. The lowest BCUT2D eigenvalue weighted by molar-refractivity contribution is -0.118. The van der Waals surface area contributed by atoms with E-state index in [1.54, 1.807) is 0 Å². The van der Waals surface area contributed by atoms with Crippen LogP contribution in [0.1, 0.15) is 36.4 Å². The zero-order valence-electron chi connectivity index (χ0n) is 11.8. The average molecular weight is 299 g/mol. The highest BCUT2D eigenvalue weighted by Crippen LogP contribution is 2.27. The molecule has 0 aromatic carbocycles. The van der Waals surface area contributed by atoms with Crippen LogP contribution < -0.4 is 21.7 Å². The zero-order valence-corrected chi connectivity index (χ0v) is 12.6. The van der Waals surface area contributed by atoms with Crippen LogP contribution in [0.25, 0.3) is 0 Å². The molecular formula is C12H21N5O2S. The number of nitrogens with two attached hydrogens (primary N) is 2. The summed E-state index contributed by atoms with van der Waals surface area (Å²) >= 11 is 1.28. The summed E-state index contributed by atoms with van der Waals surface area (Å²) in [6.07, 6.45) is 0.770. The topological polar surface area (TPSA) is 114 Å². The summed E-state index contributed by atoms with van der Waals surface area (Å²) in [5.41, 5.74) is 10.8. The van der Waals surface area contributed by atoms with E-state index in [-0.39, 0.29) is 24.1 Å². The molecule has 7 nitrogen and oxygen atoms in total. The summed E-state index contributed by atoms with van der Waals surface area (Å²) < 4.78 is 0. The third kappa shape index (κ3) is 4.37. The van der Waals surface area contributed by atoms with Crippen LogP contribution in [0, 0.1) is 0 Å². The van der Waals surface area contributed by atoms with Gasteiger partial charge in [0, 0.05) is 26.1 Å². The van der Waals surface area contributed by atoms with Gasteiger partial charge in [0.25, 0.3) is 5.91 Å². The molecule has 0 aliphatic carbocycles. The number of nitrogens with one attached hydrogen (secondary N) is 1. The van der Waals surface area contributed by atoms with E-state index in [0.29, 0.717) is 17.8 Å². The van der Waals surface area contributed by atoms with Gasteiger partial charge in [0.15, 0.2) is 5.13 Å². The molecule has 5 N–H and O–H groups in total. The number of rotatable bonds is 8. The Bertz CT molecular complexity index is 470. The van der Waals surface area contributed by atoms with Gasteiger partial charge in [0.1, 0.15) is 10.7 Å². The van der Waals surface area contributed by atoms with Gasteiger partial charge in [-0.2, -0.15) is 0 Å². The average Bonchev–Trinajstić information content (AvgIpc) is 2.78. The van der Waals surface area contributed by atoms with Gasteiger partial charge in [0.2, 0.25) is 5.91 Å². The highest BCUT2D eigenvalue weighted by Gasteiger charge is 2.18. The van der Waals surface area contributed by atoms with Gasteiger partial charge in [-0.15, -0.1) is 0 Å². The molecule has 0 spiro atoms. The molecule has 0 saturated heterocycles. The van der Waals surface area contributed by atoms with Crippen molar-refractivity contribution in [3.63, 3.8) is 0 Å². The van der Waals surface area contributed by atoms with Gasteiger partial charge in [-0.25, -0.2) is 4.98 Å². The van der Waals surface area contributed by atoms with E-state index >= 15 is 0 Å². The predicted molar refractivity (Wildman–Crippen MR) is 80.8 cm³/mol. The minimum atomic E-state index is -0.375. The molecule has 0 bridgehead atoms. The molecule has 1 aromatic rings. The minimum absolute atomic E-state index is 0.240. The molecule has 1 rings (SSSR count). The first kappa shape index (κ1) is 16.2. The zero-order chi connectivity index (χ0) is 15.1. The number of hydrogen-bond donors (Lipinski definition) is 3. The predicted octanol–water partition coefficient (Wildman–Crippen LogP) is 0.567. The second-order valence-corrected chi connectivity index (χ2v) is 5.19. The van der Waals surface area contributed by atoms with Crippen molar-refractivity contribution in [1.29, 1.82) is 0 Å². The van der Waals surface area contributed by atoms with Crippen molar-refractivity contribution in [3.8, 4) is 0 Å². The minimum Gasteiger partial charge on any atom is -0.382 e. The standard InChI is InChI=1S/C12H21N5O2S/c1-3-17(4-2)12-16-10(14)9(20-12)11(19)15-7-5-6-8(13)18/h3-7,14H2,1-2H3,(H2,13,18)(H,15,19). The highest BCUT2D eigenvalue weighted by atomic mass is 32.1. The van der Waals surface area contributed by atoms with Crippen LogP contribution in [-0.2, 0) is 4.79 Å². The van der Waals surface area contributed by atoms with Crippen molar-refractivity contribution < 1.29 is 9.59 Å². The van der Waals surface area contributed by atoms with Crippen LogP contribution in [0.4, 0.5) is 10.9 Å². The smallest absolute Gasteiger partial charge is 0.265 e. The molecule has 0 radical (unpaired) electrons. The molecular weight excluding hydrogens is 278 g/mol. The van der Waals surface area contributed by atoms with E-state index < -0.39 is 0 Å². The molecule has 0 aliphatic heterocycles. The third-order valence-electron chi connectivity index (χ3n) is 2.77. The maximum atomic E-state index is 12.0. The lowest BCUT2D eigenvalue weighted by Gasteiger charge is -2.16. The maximum Gasteiger partial charge on any atom is 0.265 e. The summed E-state index contributed by atoms with van der Waals surface area (Å²) in [6.45, 7) is 6.04. The van der Waals surface area contributed by atoms with Crippen molar-refractivity contribution >= 4 is 34.1 Å². The Morgan fingerprint density at radius 1 is 1.35 bits per heavy atom. The van der Waals surface area contributed by atoms with Crippen LogP contribution in [0.5, 0.6) is 0 Å². The Balaban J connectivity index is 2.62. The lowest BCUT2D eigenvalue weighted by Crippen LogP contribution is -2.25. The van der Waals surface area contributed by atoms with Gasteiger partial charge in [-0.3, -0.25) is 9.59 Å². The molecule has 0 aliphatic rings. The summed E-state index contributed by atoms with van der Waals surface area (Å²) in [7, 11) is 0. The van der Waals surface area contributed by atoms with Gasteiger partial charge >= 0.3 is 0 Å². The number of carbonyl (C=O) groups is 2. The number of thiazole rings is 1.